The minimum atomic E-state index is -0.204. The van der Waals surface area contributed by atoms with E-state index in [-0.39, 0.29) is 5.82 Å². The molecular formula is C17H13BrFNS. The molecule has 0 saturated heterocycles. The third-order valence-corrected chi connectivity index (χ3v) is 4.73. The molecule has 21 heavy (non-hydrogen) atoms. The second-order valence-corrected chi connectivity index (χ2v) is 7.03. The molecule has 0 aliphatic rings. The molecule has 2 aromatic carbocycles. The minimum absolute atomic E-state index is 0.204. The summed E-state index contributed by atoms with van der Waals surface area (Å²) < 4.78 is 14.0. The average molecular weight is 362 g/mol. The maximum absolute atomic E-state index is 12.9. The summed E-state index contributed by atoms with van der Waals surface area (Å²) in [6.45, 7) is 2.09. The normalized spacial score (nSPS) is 10.8. The van der Waals surface area contributed by atoms with Crippen molar-refractivity contribution >= 4 is 27.3 Å². The lowest BCUT2D eigenvalue weighted by atomic mass is 10.1. The van der Waals surface area contributed by atoms with Crippen LogP contribution in [0.2, 0.25) is 0 Å². The smallest absolute Gasteiger partial charge is 0.123 e. The Morgan fingerprint density at radius 3 is 2.38 bits per heavy atom. The molecule has 0 bridgehead atoms. The van der Waals surface area contributed by atoms with Crippen molar-refractivity contribution in [2.45, 2.75) is 13.3 Å². The van der Waals surface area contributed by atoms with Crippen LogP contribution in [0.15, 0.2) is 53.0 Å². The number of thiazole rings is 1. The Balaban J connectivity index is 1.87. The fourth-order valence-corrected chi connectivity index (χ4v) is 3.43. The molecule has 4 heteroatoms. The second-order valence-electron chi connectivity index (χ2n) is 4.82. The van der Waals surface area contributed by atoms with Gasteiger partial charge in [-0.15, -0.1) is 11.3 Å². The van der Waals surface area contributed by atoms with E-state index >= 15 is 0 Å². The van der Waals surface area contributed by atoms with Crippen molar-refractivity contribution in [1.29, 1.82) is 0 Å². The molecule has 0 amide bonds. The van der Waals surface area contributed by atoms with Gasteiger partial charge in [0.25, 0.3) is 0 Å². The molecule has 1 aromatic heterocycles. The van der Waals surface area contributed by atoms with E-state index in [9.17, 15) is 4.39 Å². The molecule has 0 aliphatic heterocycles. The van der Waals surface area contributed by atoms with Crippen molar-refractivity contribution in [3.8, 4) is 11.3 Å². The number of aryl methyl sites for hydroxylation is 1. The standard InChI is InChI=1S/C17H13BrFNS/c1-11-17(13-4-6-14(18)7-5-13)20-16(21-11)10-12-2-8-15(19)9-3-12/h2-9H,10H2,1H3. The summed E-state index contributed by atoms with van der Waals surface area (Å²) in [4.78, 5) is 5.94. The molecule has 0 fully saturated rings. The Kier molecular flexibility index (Phi) is 4.17. The maximum atomic E-state index is 12.9. The Hall–Kier alpha value is -1.52. The fraction of sp³-hybridized carbons (Fsp3) is 0.118. The Bertz CT molecular complexity index is 747. The highest BCUT2D eigenvalue weighted by Crippen LogP contribution is 2.29. The number of rotatable bonds is 3. The lowest BCUT2D eigenvalue weighted by Crippen LogP contribution is -1.88. The van der Waals surface area contributed by atoms with E-state index in [0.29, 0.717) is 0 Å². The SMILES string of the molecule is Cc1sc(Cc2ccc(F)cc2)nc1-c1ccc(Br)cc1. The molecule has 0 atom stereocenters. The molecule has 0 unspecified atom stereocenters. The van der Waals surface area contributed by atoms with Gasteiger partial charge in [0, 0.05) is 21.3 Å². The van der Waals surface area contributed by atoms with Gasteiger partial charge in [0.2, 0.25) is 0 Å². The molecular weight excluding hydrogens is 349 g/mol. The van der Waals surface area contributed by atoms with E-state index in [0.717, 1.165) is 32.7 Å². The summed E-state index contributed by atoms with van der Waals surface area (Å²) in [6.07, 6.45) is 0.738. The van der Waals surface area contributed by atoms with Crippen LogP contribution in [-0.4, -0.2) is 4.98 Å². The first-order valence-corrected chi connectivity index (χ1v) is 8.19. The molecule has 0 aliphatic carbocycles. The van der Waals surface area contributed by atoms with Gasteiger partial charge in [-0.1, -0.05) is 40.2 Å². The van der Waals surface area contributed by atoms with E-state index in [2.05, 4.69) is 35.0 Å². The van der Waals surface area contributed by atoms with Crippen LogP contribution < -0.4 is 0 Å². The van der Waals surface area contributed by atoms with Gasteiger partial charge in [0.15, 0.2) is 0 Å². The number of hydrogen-bond donors (Lipinski definition) is 0. The Morgan fingerprint density at radius 2 is 1.71 bits per heavy atom. The van der Waals surface area contributed by atoms with E-state index in [1.54, 1.807) is 11.3 Å². The third kappa shape index (κ3) is 3.39. The highest BCUT2D eigenvalue weighted by Gasteiger charge is 2.10. The molecule has 1 heterocycles. The number of halogens is 2. The fourth-order valence-electron chi connectivity index (χ4n) is 2.18. The quantitative estimate of drug-likeness (QED) is 0.590. The highest BCUT2D eigenvalue weighted by molar-refractivity contribution is 9.10. The van der Waals surface area contributed by atoms with E-state index < -0.39 is 0 Å². The zero-order chi connectivity index (χ0) is 14.8. The zero-order valence-corrected chi connectivity index (χ0v) is 13.8. The van der Waals surface area contributed by atoms with Gasteiger partial charge in [-0.05, 0) is 36.8 Å². The van der Waals surface area contributed by atoms with Gasteiger partial charge in [0.1, 0.15) is 5.82 Å². The third-order valence-electron chi connectivity index (χ3n) is 3.23. The van der Waals surface area contributed by atoms with Gasteiger partial charge in [0.05, 0.1) is 10.7 Å². The topological polar surface area (TPSA) is 12.9 Å². The summed E-state index contributed by atoms with van der Waals surface area (Å²) >= 11 is 5.14. The van der Waals surface area contributed by atoms with Crippen LogP contribution in [0.25, 0.3) is 11.3 Å². The van der Waals surface area contributed by atoms with Crippen LogP contribution in [0.3, 0.4) is 0 Å². The second kappa shape index (κ2) is 6.08. The Morgan fingerprint density at radius 1 is 1.05 bits per heavy atom. The first-order valence-electron chi connectivity index (χ1n) is 6.58. The van der Waals surface area contributed by atoms with Gasteiger partial charge in [-0.25, -0.2) is 9.37 Å². The number of hydrogen-bond acceptors (Lipinski definition) is 2. The number of nitrogens with zero attached hydrogens (tertiary/aromatic N) is 1. The van der Waals surface area contributed by atoms with Crippen molar-refractivity contribution in [3.63, 3.8) is 0 Å². The van der Waals surface area contributed by atoms with Crippen LogP contribution in [0.5, 0.6) is 0 Å². The van der Waals surface area contributed by atoms with Crippen molar-refractivity contribution in [2.75, 3.05) is 0 Å². The average Bonchev–Trinajstić information content (AvgIpc) is 2.83. The maximum Gasteiger partial charge on any atom is 0.123 e. The molecule has 0 N–H and O–H groups in total. The lowest BCUT2D eigenvalue weighted by Gasteiger charge is -1.99. The van der Waals surface area contributed by atoms with Crippen LogP contribution in [0.4, 0.5) is 4.39 Å². The van der Waals surface area contributed by atoms with E-state index in [1.807, 2.05) is 24.3 Å². The summed E-state index contributed by atoms with van der Waals surface area (Å²) in [5, 5.41) is 1.05. The summed E-state index contributed by atoms with van der Waals surface area (Å²) in [5.41, 5.74) is 3.23. The first-order chi connectivity index (χ1) is 10.1. The predicted octanol–water partition coefficient (Wildman–Crippen LogP) is 5.61. The van der Waals surface area contributed by atoms with Crippen molar-refractivity contribution in [3.05, 3.63) is 74.3 Å². The molecule has 0 saturated carbocycles. The summed E-state index contributed by atoms with van der Waals surface area (Å²) in [7, 11) is 0. The van der Waals surface area contributed by atoms with Crippen molar-refractivity contribution in [2.24, 2.45) is 0 Å². The van der Waals surface area contributed by atoms with Gasteiger partial charge >= 0.3 is 0 Å². The van der Waals surface area contributed by atoms with Crippen LogP contribution in [-0.2, 0) is 6.42 Å². The molecule has 0 radical (unpaired) electrons. The zero-order valence-electron chi connectivity index (χ0n) is 11.4. The molecule has 1 nitrogen and oxygen atoms in total. The van der Waals surface area contributed by atoms with Gasteiger partial charge < -0.3 is 0 Å². The van der Waals surface area contributed by atoms with Crippen molar-refractivity contribution < 1.29 is 4.39 Å². The van der Waals surface area contributed by atoms with Crippen LogP contribution in [0.1, 0.15) is 15.4 Å². The van der Waals surface area contributed by atoms with E-state index in [1.165, 1.54) is 17.0 Å². The lowest BCUT2D eigenvalue weighted by molar-refractivity contribution is 0.627. The summed E-state index contributed by atoms with van der Waals surface area (Å²) in [6, 6.07) is 14.8. The first kappa shape index (κ1) is 14.4. The highest BCUT2D eigenvalue weighted by atomic mass is 79.9. The van der Waals surface area contributed by atoms with Crippen LogP contribution in [0, 0.1) is 12.7 Å². The minimum Gasteiger partial charge on any atom is -0.241 e. The largest absolute Gasteiger partial charge is 0.241 e. The number of benzene rings is 2. The predicted molar refractivity (Wildman–Crippen MR) is 89.2 cm³/mol. The van der Waals surface area contributed by atoms with E-state index in [4.69, 9.17) is 4.98 Å². The summed E-state index contributed by atoms with van der Waals surface area (Å²) in [5.74, 6) is -0.204. The van der Waals surface area contributed by atoms with Gasteiger partial charge in [-0.3, -0.25) is 0 Å². The van der Waals surface area contributed by atoms with Crippen LogP contribution >= 0.6 is 27.3 Å². The monoisotopic (exact) mass is 361 g/mol. The molecule has 3 rings (SSSR count). The number of aromatic nitrogens is 1. The molecule has 0 spiro atoms. The Labute approximate surface area is 135 Å². The van der Waals surface area contributed by atoms with Crippen molar-refractivity contribution in [1.82, 2.24) is 4.98 Å². The molecule has 106 valence electrons. The molecule has 3 aromatic rings. The van der Waals surface area contributed by atoms with Gasteiger partial charge in [-0.2, -0.15) is 0 Å².